The molecule has 6 heteroatoms. The fourth-order valence-electron chi connectivity index (χ4n) is 3.34. The molecule has 0 N–H and O–H groups in total. The van der Waals surface area contributed by atoms with Gasteiger partial charge in [0, 0.05) is 12.4 Å². The Morgan fingerprint density at radius 3 is 2.82 bits per heavy atom. The monoisotopic (exact) mass is 396 g/mol. The Morgan fingerprint density at radius 1 is 1.21 bits per heavy atom. The van der Waals surface area contributed by atoms with E-state index in [9.17, 15) is 4.79 Å². The van der Waals surface area contributed by atoms with Gasteiger partial charge in [-0.05, 0) is 44.0 Å². The number of fused-ring (bicyclic) bond motifs is 1. The average molecular weight is 397 g/mol. The fourth-order valence-corrected chi connectivity index (χ4v) is 4.16. The molecule has 0 unspecified atom stereocenters. The number of para-hydroxylation sites is 1. The lowest BCUT2D eigenvalue weighted by Crippen LogP contribution is -2.29. The summed E-state index contributed by atoms with van der Waals surface area (Å²) >= 11 is 1.55. The fraction of sp³-hybridized carbons (Fsp3) is 0.364. The standard InChI is InChI=1S/C22H24N2O3S/c1-16-8-10-17(11-9-16)27-13-14-28-22-23-20-7-3-2-6-19(20)21(25)24(22)15-18-5-4-12-26-18/h2-3,6-11,18H,4-5,12-15H2,1H3/t18-/m0/s1. The van der Waals surface area contributed by atoms with Gasteiger partial charge in [0.25, 0.3) is 5.56 Å². The van der Waals surface area contributed by atoms with Crippen LogP contribution in [0.4, 0.5) is 0 Å². The van der Waals surface area contributed by atoms with Crippen LogP contribution >= 0.6 is 11.8 Å². The summed E-state index contributed by atoms with van der Waals surface area (Å²) in [6.07, 6.45) is 2.12. The van der Waals surface area contributed by atoms with Crippen LogP contribution in [0.5, 0.6) is 5.75 Å². The van der Waals surface area contributed by atoms with Gasteiger partial charge >= 0.3 is 0 Å². The Kier molecular flexibility index (Phi) is 5.98. The van der Waals surface area contributed by atoms with Gasteiger partial charge in [0.05, 0.1) is 30.2 Å². The maximum absolute atomic E-state index is 13.0. The summed E-state index contributed by atoms with van der Waals surface area (Å²) in [5.41, 5.74) is 1.95. The first-order valence-corrected chi connectivity index (χ1v) is 10.6. The summed E-state index contributed by atoms with van der Waals surface area (Å²) in [6, 6.07) is 15.5. The van der Waals surface area contributed by atoms with Crippen molar-refractivity contribution in [2.45, 2.75) is 37.6 Å². The molecule has 0 aliphatic carbocycles. The Labute approximate surface area is 168 Å². The molecule has 28 heavy (non-hydrogen) atoms. The number of aryl methyl sites for hydroxylation is 1. The van der Waals surface area contributed by atoms with Gasteiger partial charge in [-0.2, -0.15) is 0 Å². The summed E-state index contributed by atoms with van der Waals surface area (Å²) in [5, 5.41) is 1.38. The van der Waals surface area contributed by atoms with Crippen molar-refractivity contribution in [2.75, 3.05) is 19.0 Å². The summed E-state index contributed by atoms with van der Waals surface area (Å²) < 4.78 is 13.3. The molecule has 0 saturated carbocycles. The third-order valence-corrected chi connectivity index (χ3v) is 5.78. The van der Waals surface area contributed by atoms with Crippen molar-refractivity contribution in [1.29, 1.82) is 0 Å². The number of hydrogen-bond donors (Lipinski definition) is 0. The number of hydrogen-bond acceptors (Lipinski definition) is 5. The molecule has 0 amide bonds. The topological polar surface area (TPSA) is 53.3 Å². The molecule has 0 bridgehead atoms. The van der Waals surface area contributed by atoms with Crippen molar-refractivity contribution in [3.8, 4) is 5.75 Å². The third-order valence-electron chi connectivity index (χ3n) is 4.84. The van der Waals surface area contributed by atoms with Gasteiger partial charge in [-0.15, -0.1) is 0 Å². The molecule has 0 radical (unpaired) electrons. The maximum atomic E-state index is 13.0. The van der Waals surface area contributed by atoms with Crippen LogP contribution in [0.25, 0.3) is 10.9 Å². The molecule has 1 aliphatic rings. The number of nitrogens with zero attached hydrogens (tertiary/aromatic N) is 2. The van der Waals surface area contributed by atoms with Crippen LogP contribution < -0.4 is 10.3 Å². The van der Waals surface area contributed by atoms with Crippen molar-refractivity contribution >= 4 is 22.7 Å². The van der Waals surface area contributed by atoms with E-state index in [4.69, 9.17) is 14.5 Å². The molecule has 1 atom stereocenters. The van der Waals surface area contributed by atoms with Gasteiger partial charge < -0.3 is 9.47 Å². The summed E-state index contributed by atoms with van der Waals surface area (Å²) in [5.74, 6) is 1.57. The highest BCUT2D eigenvalue weighted by molar-refractivity contribution is 7.99. The number of rotatable bonds is 7. The number of thioether (sulfide) groups is 1. The van der Waals surface area contributed by atoms with Crippen molar-refractivity contribution in [2.24, 2.45) is 0 Å². The molecule has 146 valence electrons. The van der Waals surface area contributed by atoms with E-state index < -0.39 is 0 Å². The normalized spacial score (nSPS) is 16.5. The van der Waals surface area contributed by atoms with E-state index in [1.807, 2.05) is 48.5 Å². The van der Waals surface area contributed by atoms with Crippen molar-refractivity contribution in [1.82, 2.24) is 9.55 Å². The number of benzene rings is 2. The van der Waals surface area contributed by atoms with Crippen LogP contribution in [0.15, 0.2) is 58.5 Å². The van der Waals surface area contributed by atoms with Crippen molar-refractivity contribution in [3.05, 3.63) is 64.4 Å². The van der Waals surface area contributed by atoms with E-state index in [1.165, 1.54) is 5.56 Å². The molecular formula is C22H24N2O3S. The molecule has 1 aromatic heterocycles. The lowest BCUT2D eigenvalue weighted by atomic mass is 10.2. The molecule has 1 aliphatic heterocycles. The molecule has 0 spiro atoms. The first-order chi connectivity index (χ1) is 13.7. The zero-order valence-electron chi connectivity index (χ0n) is 16.0. The molecular weight excluding hydrogens is 372 g/mol. The van der Waals surface area contributed by atoms with Crippen LogP contribution in [0.3, 0.4) is 0 Å². The van der Waals surface area contributed by atoms with Gasteiger partial charge in [0.1, 0.15) is 5.75 Å². The van der Waals surface area contributed by atoms with Crippen LogP contribution in [-0.2, 0) is 11.3 Å². The smallest absolute Gasteiger partial charge is 0.262 e. The van der Waals surface area contributed by atoms with Crippen LogP contribution in [0.1, 0.15) is 18.4 Å². The van der Waals surface area contributed by atoms with E-state index in [0.29, 0.717) is 24.3 Å². The lowest BCUT2D eigenvalue weighted by molar-refractivity contribution is 0.0937. The summed E-state index contributed by atoms with van der Waals surface area (Å²) in [4.78, 5) is 17.8. The van der Waals surface area contributed by atoms with Crippen molar-refractivity contribution < 1.29 is 9.47 Å². The highest BCUT2D eigenvalue weighted by Crippen LogP contribution is 2.21. The molecule has 2 heterocycles. The minimum atomic E-state index is 0.00283. The highest BCUT2D eigenvalue weighted by Gasteiger charge is 2.20. The van der Waals surface area contributed by atoms with E-state index in [1.54, 1.807) is 16.3 Å². The van der Waals surface area contributed by atoms with Crippen molar-refractivity contribution in [3.63, 3.8) is 0 Å². The Balaban J connectivity index is 1.50. The van der Waals surface area contributed by atoms with Crippen LogP contribution in [0.2, 0.25) is 0 Å². The quantitative estimate of drug-likeness (QED) is 0.343. The third kappa shape index (κ3) is 4.39. The summed E-state index contributed by atoms with van der Waals surface area (Å²) in [7, 11) is 0. The minimum Gasteiger partial charge on any atom is -0.493 e. The van der Waals surface area contributed by atoms with Gasteiger partial charge in [-0.25, -0.2) is 4.98 Å². The number of ether oxygens (including phenoxy) is 2. The van der Waals surface area contributed by atoms with E-state index in [2.05, 4.69) is 6.92 Å². The molecule has 1 saturated heterocycles. The second-order valence-electron chi connectivity index (χ2n) is 6.97. The van der Waals surface area contributed by atoms with E-state index in [0.717, 1.165) is 35.9 Å². The predicted octanol–water partition coefficient (Wildman–Crippen LogP) is 4.06. The second-order valence-corrected chi connectivity index (χ2v) is 8.03. The highest BCUT2D eigenvalue weighted by atomic mass is 32.2. The van der Waals surface area contributed by atoms with E-state index in [-0.39, 0.29) is 11.7 Å². The zero-order valence-corrected chi connectivity index (χ0v) is 16.8. The van der Waals surface area contributed by atoms with Gasteiger partial charge in [-0.3, -0.25) is 9.36 Å². The first-order valence-electron chi connectivity index (χ1n) is 9.64. The predicted molar refractivity (Wildman–Crippen MR) is 112 cm³/mol. The molecule has 3 aromatic rings. The minimum absolute atomic E-state index is 0.00283. The maximum Gasteiger partial charge on any atom is 0.262 e. The van der Waals surface area contributed by atoms with Crippen LogP contribution in [0, 0.1) is 6.92 Å². The Morgan fingerprint density at radius 2 is 2.04 bits per heavy atom. The molecule has 1 fully saturated rings. The Bertz CT molecular complexity index is 995. The SMILES string of the molecule is Cc1ccc(OCCSc2nc3ccccc3c(=O)n2C[C@@H]2CCCO2)cc1. The van der Waals surface area contributed by atoms with Gasteiger partial charge in [-0.1, -0.05) is 41.6 Å². The van der Waals surface area contributed by atoms with Crippen LogP contribution in [-0.4, -0.2) is 34.6 Å². The van der Waals surface area contributed by atoms with Gasteiger partial charge in [0.2, 0.25) is 0 Å². The first kappa shape index (κ1) is 19.0. The lowest BCUT2D eigenvalue weighted by Gasteiger charge is -2.16. The van der Waals surface area contributed by atoms with Gasteiger partial charge in [0.15, 0.2) is 5.16 Å². The second kappa shape index (κ2) is 8.80. The average Bonchev–Trinajstić information content (AvgIpc) is 3.22. The largest absolute Gasteiger partial charge is 0.493 e. The molecule has 5 nitrogen and oxygen atoms in total. The molecule has 2 aromatic carbocycles. The van der Waals surface area contributed by atoms with E-state index >= 15 is 0 Å². The zero-order chi connectivity index (χ0) is 19.3. The Hall–Kier alpha value is -2.31. The summed E-state index contributed by atoms with van der Waals surface area (Å²) in [6.45, 7) is 3.93. The number of aromatic nitrogens is 2. The molecule has 4 rings (SSSR count).